The van der Waals surface area contributed by atoms with Crippen LogP contribution in [0.5, 0.6) is 0 Å². The van der Waals surface area contributed by atoms with Crippen LogP contribution in [0.1, 0.15) is 15.9 Å². The number of benzene rings is 2. The van der Waals surface area contributed by atoms with Crippen molar-refractivity contribution < 1.29 is 14.8 Å². The van der Waals surface area contributed by atoms with Gasteiger partial charge in [-0.05, 0) is 30.2 Å². The van der Waals surface area contributed by atoms with E-state index in [9.17, 15) is 14.9 Å². The lowest BCUT2D eigenvalue weighted by Gasteiger charge is -2.09. The molecule has 23 heavy (non-hydrogen) atoms. The number of nitro benzene ring substituents is 1. The number of amides is 1. The first-order chi connectivity index (χ1) is 10.9. The topological polar surface area (TPSA) is 118 Å². The molecule has 0 aliphatic rings. The standard InChI is InChI=1S/C15H14ClN3O4/c16-12-7-11(13(17)8-14(12)19(22)23)15(21)18-10-3-1-9(2-4-10)5-6-20/h1-4,7-8,20H,5-6,17H2,(H,18,21). The number of halogens is 1. The monoisotopic (exact) mass is 335 g/mol. The Hall–Kier alpha value is -2.64. The smallest absolute Gasteiger partial charge is 0.289 e. The highest BCUT2D eigenvalue weighted by molar-refractivity contribution is 6.33. The maximum Gasteiger partial charge on any atom is 0.289 e. The first-order valence-electron chi connectivity index (χ1n) is 6.67. The van der Waals surface area contributed by atoms with E-state index in [0.717, 1.165) is 11.6 Å². The first kappa shape index (κ1) is 16.7. The largest absolute Gasteiger partial charge is 0.398 e. The van der Waals surface area contributed by atoms with Gasteiger partial charge >= 0.3 is 0 Å². The molecule has 2 aromatic carbocycles. The molecule has 4 N–H and O–H groups in total. The number of aliphatic hydroxyl groups is 1. The molecule has 2 rings (SSSR count). The summed E-state index contributed by atoms with van der Waals surface area (Å²) < 4.78 is 0. The van der Waals surface area contributed by atoms with E-state index in [-0.39, 0.29) is 28.6 Å². The quantitative estimate of drug-likeness (QED) is 0.441. The maximum atomic E-state index is 12.2. The van der Waals surface area contributed by atoms with Crippen molar-refractivity contribution in [2.24, 2.45) is 0 Å². The Morgan fingerprint density at radius 3 is 2.52 bits per heavy atom. The van der Waals surface area contributed by atoms with Gasteiger partial charge in [0.1, 0.15) is 5.02 Å². The Bertz CT molecular complexity index is 747. The summed E-state index contributed by atoms with van der Waals surface area (Å²) in [4.78, 5) is 22.3. The van der Waals surface area contributed by atoms with E-state index in [2.05, 4.69) is 5.32 Å². The number of anilines is 2. The average Bonchev–Trinajstić information content (AvgIpc) is 2.51. The molecule has 0 radical (unpaired) electrons. The molecule has 0 aromatic heterocycles. The number of carbonyl (C=O) groups is 1. The van der Waals surface area contributed by atoms with Crippen LogP contribution < -0.4 is 11.1 Å². The molecule has 1 amide bonds. The fourth-order valence-corrected chi connectivity index (χ4v) is 2.23. The molecule has 0 bridgehead atoms. The summed E-state index contributed by atoms with van der Waals surface area (Å²) in [7, 11) is 0. The fraction of sp³-hybridized carbons (Fsp3) is 0.133. The predicted molar refractivity (Wildman–Crippen MR) is 87.7 cm³/mol. The van der Waals surface area contributed by atoms with Crippen molar-refractivity contribution in [2.75, 3.05) is 17.7 Å². The molecule has 0 saturated carbocycles. The fourth-order valence-electron chi connectivity index (χ4n) is 2.00. The van der Waals surface area contributed by atoms with Crippen molar-refractivity contribution in [2.45, 2.75) is 6.42 Å². The van der Waals surface area contributed by atoms with Gasteiger partial charge in [-0.1, -0.05) is 23.7 Å². The Kier molecular flexibility index (Phi) is 5.15. The van der Waals surface area contributed by atoms with E-state index in [1.807, 2.05) is 0 Å². The van der Waals surface area contributed by atoms with Gasteiger partial charge in [-0.25, -0.2) is 0 Å². The third-order valence-electron chi connectivity index (χ3n) is 3.17. The van der Waals surface area contributed by atoms with Crippen LogP contribution in [0.25, 0.3) is 0 Å². The minimum absolute atomic E-state index is 0.0319. The number of carbonyl (C=O) groups excluding carboxylic acids is 1. The number of rotatable bonds is 5. The van der Waals surface area contributed by atoms with Crippen molar-refractivity contribution in [1.29, 1.82) is 0 Å². The Labute approximate surface area is 136 Å². The third kappa shape index (κ3) is 3.97. The summed E-state index contributed by atoms with van der Waals surface area (Å²) in [5.74, 6) is -0.519. The number of nitrogens with zero attached hydrogens (tertiary/aromatic N) is 1. The van der Waals surface area contributed by atoms with Crippen LogP contribution in [0.15, 0.2) is 36.4 Å². The van der Waals surface area contributed by atoms with Crippen molar-refractivity contribution in [3.05, 3.63) is 62.7 Å². The molecule has 2 aromatic rings. The zero-order chi connectivity index (χ0) is 17.0. The molecule has 0 unspecified atom stereocenters. The SMILES string of the molecule is Nc1cc([N+](=O)[O-])c(Cl)cc1C(=O)Nc1ccc(CCO)cc1. The first-order valence-corrected chi connectivity index (χ1v) is 7.04. The van der Waals surface area contributed by atoms with E-state index in [1.54, 1.807) is 24.3 Å². The van der Waals surface area contributed by atoms with Crippen molar-refractivity contribution in [1.82, 2.24) is 0 Å². The van der Waals surface area contributed by atoms with Crippen LogP contribution in [-0.2, 0) is 6.42 Å². The lowest BCUT2D eigenvalue weighted by atomic mass is 10.1. The summed E-state index contributed by atoms with van der Waals surface area (Å²) in [5, 5.41) is 22.1. The number of nitrogen functional groups attached to an aromatic ring is 1. The number of aliphatic hydroxyl groups excluding tert-OH is 1. The van der Waals surface area contributed by atoms with Crippen LogP contribution in [0.2, 0.25) is 5.02 Å². The molecule has 0 spiro atoms. The third-order valence-corrected chi connectivity index (χ3v) is 3.48. The Balaban J connectivity index is 2.20. The Morgan fingerprint density at radius 2 is 1.96 bits per heavy atom. The normalized spacial score (nSPS) is 10.3. The van der Waals surface area contributed by atoms with Crippen LogP contribution in [0.3, 0.4) is 0 Å². The van der Waals surface area contributed by atoms with Gasteiger partial charge in [0.05, 0.1) is 16.2 Å². The van der Waals surface area contributed by atoms with Gasteiger partial charge in [-0.3, -0.25) is 14.9 Å². The van der Waals surface area contributed by atoms with Gasteiger partial charge in [-0.15, -0.1) is 0 Å². The summed E-state index contributed by atoms with van der Waals surface area (Å²) >= 11 is 5.80. The van der Waals surface area contributed by atoms with Gasteiger partial charge in [0, 0.05) is 18.4 Å². The second kappa shape index (κ2) is 7.08. The van der Waals surface area contributed by atoms with Crippen molar-refractivity contribution >= 4 is 34.6 Å². The van der Waals surface area contributed by atoms with Gasteiger partial charge in [0.2, 0.25) is 0 Å². The predicted octanol–water partition coefficient (Wildman–Crippen LogP) is 2.62. The summed E-state index contributed by atoms with van der Waals surface area (Å²) in [6.07, 6.45) is 0.527. The molecular formula is C15H14ClN3O4. The highest BCUT2D eigenvalue weighted by atomic mass is 35.5. The van der Waals surface area contributed by atoms with E-state index in [4.69, 9.17) is 22.4 Å². The lowest BCUT2D eigenvalue weighted by Crippen LogP contribution is -2.14. The van der Waals surface area contributed by atoms with E-state index >= 15 is 0 Å². The molecular weight excluding hydrogens is 322 g/mol. The number of nitro groups is 1. The summed E-state index contributed by atoms with van der Waals surface area (Å²) in [6, 6.07) is 9.15. The molecule has 0 aliphatic carbocycles. The number of nitrogens with one attached hydrogen (secondary N) is 1. The Morgan fingerprint density at radius 1 is 1.30 bits per heavy atom. The minimum Gasteiger partial charge on any atom is -0.398 e. The molecule has 0 saturated heterocycles. The highest BCUT2D eigenvalue weighted by Gasteiger charge is 2.19. The average molecular weight is 336 g/mol. The van der Waals surface area contributed by atoms with Gasteiger partial charge in [0.15, 0.2) is 0 Å². The molecule has 120 valence electrons. The molecule has 0 atom stereocenters. The number of nitrogens with two attached hydrogens (primary N) is 1. The van der Waals surface area contributed by atoms with E-state index in [1.165, 1.54) is 6.07 Å². The summed E-state index contributed by atoms with van der Waals surface area (Å²) in [6.45, 7) is 0.0452. The van der Waals surface area contributed by atoms with Crippen LogP contribution in [-0.4, -0.2) is 22.5 Å². The second-order valence-corrected chi connectivity index (χ2v) is 5.18. The van der Waals surface area contributed by atoms with E-state index < -0.39 is 10.8 Å². The molecule has 8 heteroatoms. The summed E-state index contributed by atoms with van der Waals surface area (Å²) in [5.41, 5.74) is 6.83. The molecule has 0 aliphatic heterocycles. The molecule has 7 nitrogen and oxygen atoms in total. The molecule has 0 heterocycles. The minimum atomic E-state index is -0.666. The van der Waals surface area contributed by atoms with Crippen LogP contribution in [0.4, 0.5) is 17.1 Å². The molecule has 0 fully saturated rings. The zero-order valence-corrected chi connectivity index (χ0v) is 12.7. The second-order valence-electron chi connectivity index (χ2n) is 4.77. The van der Waals surface area contributed by atoms with Gasteiger partial charge in [-0.2, -0.15) is 0 Å². The number of hydrogen-bond acceptors (Lipinski definition) is 5. The van der Waals surface area contributed by atoms with Crippen molar-refractivity contribution in [3.63, 3.8) is 0 Å². The zero-order valence-electron chi connectivity index (χ0n) is 12.0. The van der Waals surface area contributed by atoms with E-state index in [0.29, 0.717) is 12.1 Å². The van der Waals surface area contributed by atoms with Crippen LogP contribution >= 0.6 is 11.6 Å². The lowest BCUT2D eigenvalue weighted by molar-refractivity contribution is -0.384. The maximum absolute atomic E-state index is 12.2. The number of hydrogen-bond donors (Lipinski definition) is 3. The van der Waals surface area contributed by atoms with Crippen molar-refractivity contribution in [3.8, 4) is 0 Å². The van der Waals surface area contributed by atoms with Gasteiger partial charge < -0.3 is 16.2 Å². The highest BCUT2D eigenvalue weighted by Crippen LogP contribution is 2.30. The van der Waals surface area contributed by atoms with Gasteiger partial charge in [0.25, 0.3) is 11.6 Å². The van der Waals surface area contributed by atoms with Crippen LogP contribution in [0, 0.1) is 10.1 Å².